The van der Waals surface area contributed by atoms with Crippen molar-refractivity contribution in [3.05, 3.63) is 0 Å². The van der Waals surface area contributed by atoms with E-state index in [-0.39, 0.29) is 0 Å². The summed E-state index contributed by atoms with van der Waals surface area (Å²) in [6.45, 7) is 10.3. The Balaban J connectivity index is 1.60. The Morgan fingerprint density at radius 1 is 0.933 bits per heavy atom. The highest BCUT2D eigenvalue weighted by molar-refractivity contribution is 7.99. The molecule has 0 saturated carbocycles. The van der Waals surface area contributed by atoms with Gasteiger partial charge in [0.25, 0.3) is 0 Å². The van der Waals surface area contributed by atoms with Crippen molar-refractivity contribution in [1.29, 1.82) is 0 Å². The van der Waals surface area contributed by atoms with Crippen molar-refractivity contribution in [1.82, 2.24) is 9.80 Å². The van der Waals surface area contributed by atoms with Crippen LogP contribution in [0.4, 0.5) is 0 Å². The number of thioether (sulfide) groups is 1. The highest BCUT2D eigenvalue weighted by Gasteiger charge is 2.17. The zero-order valence-electron chi connectivity index (χ0n) is 9.95. The van der Waals surface area contributed by atoms with Gasteiger partial charge in [0.1, 0.15) is 0 Å². The SMILES string of the molecule is CC1CCN(CCN2CCSCC2)CC1. The van der Waals surface area contributed by atoms with E-state index in [1.807, 2.05) is 0 Å². The van der Waals surface area contributed by atoms with Gasteiger partial charge in [-0.05, 0) is 31.8 Å². The molecule has 2 aliphatic rings. The lowest BCUT2D eigenvalue weighted by Gasteiger charge is -2.33. The number of likely N-dealkylation sites (tertiary alicyclic amines) is 1. The van der Waals surface area contributed by atoms with Gasteiger partial charge < -0.3 is 9.80 Å². The molecule has 0 aromatic rings. The standard InChI is InChI=1S/C12H24N2S/c1-12-2-4-13(5-3-12)6-7-14-8-10-15-11-9-14/h12H,2-11H2,1H3. The molecule has 0 unspecified atom stereocenters. The van der Waals surface area contributed by atoms with Crippen molar-refractivity contribution in [2.24, 2.45) is 5.92 Å². The van der Waals surface area contributed by atoms with Crippen LogP contribution in [0.5, 0.6) is 0 Å². The Bertz CT molecular complexity index is 172. The molecule has 2 nitrogen and oxygen atoms in total. The predicted octanol–water partition coefficient (Wildman–Crippen LogP) is 1.77. The maximum atomic E-state index is 2.65. The Morgan fingerprint density at radius 3 is 2.07 bits per heavy atom. The molecule has 0 spiro atoms. The summed E-state index contributed by atoms with van der Waals surface area (Å²) in [5.74, 6) is 3.65. The molecule has 0 radical (unpaired) electrons. The number of nitrogens with zero attached hydrogens (tertiary/aromatic N) is 2. The van der Waals surface area contributed by atoms with Gasteiger partial charge in [-0.25, -0.2) is 0 Å². The first kappa shape index (κ1) is 11.7. The largest absolute Gasteiger partial charge is 0.302 e. The minimum atomic E-state index is 0.965. The number of hydrogen-bond donors (Lipinski definition) is 0. The molecule has 2 aliphatic heterocycles. The van der Waals surface area contributed by atoms with E-state index in [4.69, 9.17) is 0 Å². The second kappa shape index (κ2) is 6.12. The van der Waals surface area contributed by atoms with E-state index in [0.717, 1.165) is 5.92 Å². The quantitative estimate of drug-likeness (QED) is 0.727. The average molecular weight is 228 g/mol. The number of hydrogen-bond acceptors (Lipinski definition) is 3. The van der Waals surface area contributed by atoms with Gasteiger partial charge in [0, 0.05) is 37.7 Å². The van der Waals surface area contributed by atoms with Crippen LogP contribution in [0.2, 0.25) is 0 Å². The summed E-state index contributed by atoms with van der Waals surface area (Å²) in [4.78, 5) is 5.29. The molecule has 2 saturated heterocycles. The molecule has 3 heteroatoms. The van der Waals surface area contributed by atoms with Crippen LogP contribution >= 0.6 is 11.8 Å². The second-order valence-corrected chi connectivity index (χ2v) is 6.20. The van der Waals surface area contributed by atoms with Gasteiger partial charge in [-0.3, -0.25) is 0 Å². The topological polar surface area (TPSA) is 6.48 Å². The van der Waals surface area contributed by atoms with Crippen LogP contribution in [0, 0.1) is 5.92 Å². The molecule has 2 rings (SSSR count). The van der Waals surface area contributed by atoms with Gasteiger partial charge in [0.15, 0.2) is 0 Å². The molecule has 0 aliphatic carbocycles. The molecule has 0 bridgehead atoms. The molecular formula is C12H24N2S. The Labute approximate surface area is 98.4 Å². The maximum Gasteiger partial charge on any atom is 0.0110 e. The third-order valence-electron chi connectivity index (χ3n) is 3.71. The van der Waals surface area contributed by atoms with Crippen LogP contribution in [-0.4, -0.2) is 60.6 Å². The smallest absolute Gasteiger partial charge is 0.0110 e. The zero-order valence-corrected chi connectivity index (χ0v) is 10.8. The van der Waals surface area contributed by atoms with Crippen molar-refractivity contribution in [2.75, 3.05) is 50.8 Å². The third-order valence-corrected chi connectivity index (χ3v) is 4.65. The highest BCUT2D eigenvalue weighted by Crippen LogP contribution is 2.16. The molecule has 2 fully saturated rings. The van der Waals surface area contributed by atoms with Crippen molar-refractivity contribution < 1.29 is 0 Å². The Morgan fingerprint density at radius 2 is 1.47 bits per heavy atom. The van der Waals surface area contributed by atoms with Crippen LogP contribution in [0.3, 0.4) is 0 Å². The minimum absolute atomic E-state index is 0.965. The van der Waals surface area contributed by atoms with E-state index >= 15 is 0 Å². The monoisotopic (exact) mass is 228 g/mol. The first-order chi connectivity index (χ1) is 7.34. The van der Waals surface area contributed by atoms with Gasteiger partial charge in [-0.15, -0.1) is 0 Å². The number of piperidine rings is 1. The molecule has 0 aromatic heterocycles. The normalized spacial score (nSPS) is 27.0. The van der Waals surface area contributed by atoms with Gasteiger partial charge in [0.05, 0.1) is 0 Å². The lowest BCUT2D eigenvalue weighted by molar-refractivity contribution is 0.165. The lowest BCUT2D eigenvalue weighted by atomic mass is 9.99. The van der Waals surface area contributed by atoms with E-state index in [1.54, 1.807) is 0 Å². The Hall–Kier alpha value is 0.270. The van der Waals surface area contributed by atoms with Crippen LogP contribution < -0.4 is 0 Å². The average Bonchev–Trinajstić information content (AvgIpc) is 2.30. The van der Waals surface area contributed by atoms with E-state index in [9.17, 15) is 0 Å². The van der Waals surface area contributed by atoms with Crippen LogP contribution in [-0.2, 0) is 0 Å². The van der Waals surface area contributed by atoms with Crippen LogP contribution in [0.1, 0.15) is 19.8 Å². The van der Waals surface area contributed by atoms with Crippen molar-refractivity contribution in [2.45, 2.75) is 19.8 Å². The van der Waals surface area contributed by atoms with Crippen molar-refractivity contribution >= 4 is 11.8 Å². The molecule has 0 N–H and O–H groups in total. The van der Waals surface area contributed by atoms with Crippen LogP contribution in [0.25, 0.3) is 0 Å². The zero-order chi connectivity index (χ0) is 10.5. The van der Waals surface area contributed by atoms with E-state index in [2.05, 4.69) is 28.5 Å². The summed E-state index contributed by atoms with van der Waals surface area (Å²) < 4.78 is 0. The fraction of sp³-hybridized carbons (Fsp3) is 1.00. The van der Waals surface area contributed by atoms with Gasteiger partial charge in [0.2, 0.25) is 0 Å². The predicted molar refractivity (Wildman–Crippen MR) is 68.6 cm³/mol. The third kappa shape index (κ3) is 3.97. The first-order valence-electron chi connectivity index (χ1n) is 6.37. The van der Waals surface area contributed by atoms with E-state index in [0.29, 0.717) is 0 Å². The summed E-state index contributed by atoms with van der Waals surface area (Å²) >= 11 is 2.11. The minimum Gasteiger partial charge on any atom is -0.302 e. The summed E-state index contributed by atoms with van der Waals surface area (Å²) in [6.07, 6.45) is 2.83. The maximum absolute atomic E-state index is 2.65. The number of rotatable bonds is 3. The molecule has 0 aromatic carbocycles. The molecular weight excluding hydrogens is 204 g/mol. The molecule has 2 heterocycles. The van der Waals surface area contributed by atoms with E-state index < -0.39 is 0 Å². The summed E-state index contributed by atoms with van der Waals surface area (Å²) in [5.41, 5.74) is 0. The molecule has 15 heavy (non-hydrogen) atoms. The van der Waals surface area contributed by atoms with Crippen molar-refractivity contribution in [3.8, 4) is 0 Å². The fourth-order valence-electron chi connectivity index (χ4n) is 2.39. The summed E-state index contributed by atoms with van der Waals surface area (Å²) in [7, 11) is 0. The molecule has 0 atom stereocenters. The van der Waals surface area contributed by atoms with Gasteiger partial charge in [-0.2, -0.15) is 11.8 Å². The second-order valence-electron chi connectivity index (χ2n) is 4.98. The first-order valence-corrected chi connectivity index (χ1v) is 7.52. The van der Waals surface area contributed by atoms with E-state index in [1.165, 1.54) is 63.6 Å². The van der Waals surface area contributed by atoms with Crippen molar-refractivity contribution in [3.63, 3.8) is 0 Å². The Kier molecular flexibility index (Phi) is 4.79. The molecule has 0 amide bonds. The summed E-state index contributed by atoms with van der Waals surface area (Å²) in [5, 5.41) is 0. The lowest BCUT2D eigenvalue weighted by Crippen LogP contribution is -2.41. The molecule has 88 valence electrons. The van der Waals surface area contributed by atoms with Gasteiger partial charge >= 0.3 is 0 Å². The van der Waals surface area contributed by atoms with Crippen LogP contribution in [0.15, 0.2) is 0 Å². The highest BCUT2D eigenvalue weighted by atomic mass is 32.2. The fourth-order valence-corrected chi connectivity index (χ4v) is 3.37. The summed E-state index contributed by atoms with van der Waals surface area (Å²) in [6, 6.07) is 0. The van der Waals surface area contributed by atoms with Gasteiger partial charge in [-0.1, -0.05) is 6.92 Å².